The van der Waals surface area contributed by atoms with E-state index in [1.807, 2.05) is 18.4 Å². The zero-order valence-corrected chi connectivity index (χ0v) is 10.1. The number of carbonyl (C=O) groups is 1. The van der Waals surface area contributed by atoms with Crippen LogP contribution in [0.1, 0.15) is 20.8 Å². The van der Waals surface area contributed by atoms with Gasteiger partial charge in [-0.2, -0.15) is 0 Å². The fourth-order valence-electron chi connectivity index (χ4n) is 1.40. The van der Waals surface area contributed by atoms with Crippen molar-refractivity contribution < 1.29 is 4.79 Å². The average Bonchev–Trinajstić information content (AvgIpc) is 2.73. The lowest BCUT2D eigenvalue weighted by atomic mass is 10.2. The van der Waals surface area contributed by atoms with Crippen molar-refractivity contribution in [3.05, 3.63) is 56.1 Å². The van der Waals surface area contributed by atoms with Gasteiger partial charge in [0, 0.05) is 17.1 Å². The summed E-state index contributed by atoms with van der Waals surface area (Å²) in [5.74, 6) is -0.186. The minimum absolute atomic E-state index is 0.186. The van der Waals surface area contributed by atoms with E-state index < -0.39 is 0 Å². The van der Waals surface area contributed by atoms with Crippen LogP contribution in [0.3, 0.4) is 0 Å². The second kappa shape index (κ2) is 4.97. The number of aromatic nitrogens is 1. The van der Waals surface area contributed by atoms with Crippen molar-refractivity contribution in [3.63, 3.8) is 0 Å². The Morgan fingerprint density at radius 1 is 1.41 bits per heavy atom. The molecule has 5 heteroatoms. The summed E-state index contributed by atoms with van der Waals surface area (Å²) in [6.45, 7) is 2.53. The van der Waals surface area contributed by atoms with Crippen molar-refractivity contribution in [2.45, 2.75) is 13.5 Å². The lowest BCUT2D eigenvalue weighted by Crippen LogP contribution is -2.23. The lowest BCUT2D eigenvalue weighted by Gasteiger charge is -2.04. The number of aryl methyl sites for hydroxylation is 1. The monoisotopic (exact) mass is 248 g/mol. The van der Waals surface area contributed by atoms with E-state index in [1.165, 1.54) is 23.9 Å². The van der Waals surface area contributed by atoms with Gasteiger partial charge in [0.2, 0.25) is 5.56 Å². The van der Waals surface area contributed by atoms with Crippen molar-refractivity contribution in [1.29, 1.82) is 0 Å². The molecule has 0 saturated heterocycles. The highest BCUT2D eigenvalue weighted by molar-refractivity contribution is 7.10. The molecule has 0 unspecified atom stereocenters. The van der Waals surface area contributed by atoms with E-state index in [2.05, 4.69) is 10.3 Å². The minimum Gasteiger partial charge on any atom is -0.347 e. The first kappa shape index (κ1) is 11.6. The van der Waals surface area contributed by atoms with E-state index >= 15 is 0 Å². The molecule has 0 aliphatic heterocycles. The molecule has 2 aromatic rings. The molecule has 0 atom stereocenters. The molecule has 0 aliphatic rings. The SMILES string of the molecule is Cc1ccsc1CNC(=O)c1ccc(=O)[nH]c1. The van der Waals surface area contributed by atoms with Crippen LogP contribution in [0.15, 0.2) is 34.6 Å². The Morgan fingerprint density at radius 3 is 2.82 bits per heavy atom. The van der Waals surface area contributed by atoms with Gasteiger partial charge in [0.15, 0.2) is 0 Å². The molecule has 0 fully saturated rings. The predicted molar refractivity (Wildman–Crippen MR) is 67.3 cm³/mol. The van der Waals surface area contributed by atoms with E-state index in [4.69, 9.17) is 0 Å². The third kappa shape index (κ3) is 2.82. The number of amides is 1. The van der Waals surface area contributed by atoms with Crippen LogP contribution >= 0.6 is 11.3 Å². The molecule has 2 aromatic heterocycles. The molecule has 2 rings (SSSR count). The van der Waals surface area contributed by atoms with Gasteiger partial charge in [-0.05, 0) is 30.0 Å². The molecule has 0 aromatic carbocycles. The molecule has 0 radical (unpaired) electrons. The molecule has 1 amide bonds. The lowest BCUT2D eigenvalue weighted by molar-refractivity contribution is 0.0951. The van der Waals surface area contributed by atoms with Crippen LogP contribution in [0, 0.1) is 6.92 Å². The molecular formula is C12H12N2O2S. The molecule has 17 heavy (non-hydrogen) atoms. The zero-order chi connectivity index (χ0) is 12.3. The Labute approximate surface area is 102 Å². The third-order valence-corrected chi connectivity index (χ3v) is 3.45. The maximum absolute atomic E-state index is 11.7. The Morgan fingerprint density at radius 2 is 2.24 bits per heavy atom. The molecule has 0 saturated carbocycles. The first-order chi connectivity index (χ1) is 8.16. The maximum Gasteiger partial charge on any atom is 0.253 e. The average molecular weight is 248 g/mol. The van der Waals surface area contributed by atoms with E-state index in [0.29, 0.717) is 12.1 Å². The van der Waals surface area contributed by atoms with Gasteiger partial charge >= 0.3 is 0 Å². The zero-order valence-electron chi connectivity index (χ0n) is 9.32. The number of carbonyl (C=O) groups excluding carboxylic acids is 1. The molecule has 4 nitrogen and oxygen atoms in total. The van der Waals surface area contributed by atoms with Gasteiger partial charge in [0.1, 0.15) is 0 Å². The first-order valence-electron chi connectivity index (χ1n) is 5.17. The van der Waals surface area contributed by atoms with Gasteiger partial charge in [-0.15, -0.1) is 11.3 Å². The third-order valence-electron chi connectivity index (χ3n) is 2.42. The predicted octanol–water partition coefficient (Wildman–Crippen LogP) is 1.67. The van der Waals surface area contributed by atoms with Crippen LogP contribution in [-0.2, 0) is 6.54 Å². The largest absolute Gasteiger partial charge is 0.347 e. The number of nitrogens with one attached hydrogen (secondary N) is 2. The highest BCUT2D eigenvalue weighted by Crippen LogP contribution is 2.14. The second-order valence-electron chi connectivity index (χ2n) is 3.65. The number of hydrogen-bond acceptors (Lipinski definition) is 3. The van der Waals surface area contributed by atoms with Crippen LogP contribution in [-0.4, -0.2) is 10.9 Å². The second-order valence-corrected chi connectivity index (χ2v) is 4.65. The van der Waals surface area contributed by atoms with Crippen LogP contribution in [0.2, 0.25) is 0 Å². The van der Waals surface area contributed by atoms with E-state index in [-0.39, 0.29) is 11.5 Å². The fraction of sp³-hybridized carbons (Fsp3) is 0.167. The van der Waals surface area contributed by atoms with Gasteiger partial charge in [-0.25, -0.2) is 0 Å². The Kier molecular flexibility index (Phi) is 3.39. The van der Waals surface area contributed by atoms with E-state index in [0.717, 1.165) is 4.88 Å². The summed E-state index contributed by atoms with van der Waals surface area (Å²) in [7, 11) is 0. The molecular weight excluding hydrogens is 236 g/mol. The Balaban J connectivity index is 2.00. The van der Waals surface area contributed by atoms with Crippen molar-refractivity contribution in [3.8, 4) is 0 Å². The maximum atomic E-state index is 11.7. The van der Waals surface area contributed by atoms with Gasteiger partial charge < -0.3 is 10.3 Å². The fourth-order valence-corrected chi connectivity index (χ4v) is 2.25. The van der Waals surface area contributed by atoms with Crippen molar-refractivity contribution in [1.82, 2.24) is 10.3 Å². The number of aromatic amines is 1. The summed E-state index contributed by atoms with van der Waals surface area (Å²) in [6.07, 6.45) is 1.42. The summed E-state index contributed by atoms with van der Waals surface area (Å²) in [5.41, 5.74) is 1.42. The Bertz CT molecular complexity index is 566. The summed E-state index contributed by atoms with van der Waals surface area (Å²) in [5, 5.41) is 4.81. The van der Waals surface area contributed by atoms with E-state index in [9.17, 15) is 9.59 Å². The number of thiophene rings is 1. The van der Waals surface area contributed by atoms with Gasteiger partial charge in [-0.1, -0.05) is 0 Å². The summed E-state index contributed by atoms with van der Waals surface area (Å²) < 4.78 is 0. The number of H-pyrrole nitrogens is 1. The van der Waals surface area contributed by atoms with Crippen LogP contribution < -0.4 is 10.9 Å². The van der Waals surface area contributed by atoms with Crippen LogP contribution in [0.5, 0.6) is 0 Å². The molecule has 0 bridgehead atoms. The number of rotatable bonds is 3. The van der Waals surface area contributed by atoms with Gasteiger partial charge in [0.25, 0.3) is 5.91 Å². The van der Waals surface area contributed by atoms with Crippen molar-refractivity contribution in [2.75, 3.05) is 0 Å². The molecule has 0 aliphatic carbocycles. The standard InChI is InChI=1S/C12H12N2O2S/c1-8-4-5-17-10(8)7-14-12(16)9-2-3-11(15)13-6-9/h2-6H,7H2,1H3,(H,13,15)(H,14,16). The molecule has 0 spiro atoms. The highest BCUT2D eigenvalue weighted by Gasteiger charge is 2.06. The molecule has 88 valence electrons. The molecule has 2 heterocycles. The van der Waals surface area contributed by atoms with Crippen molar-refractivity contribution >= 4 is 17.2 Å². The quantitative estimate of drug-likeness (QED) is 0.868. The van der Waals surface area contributed by atoms with E-state index in [1.54, 1.807) is 11.3 Å². The topological polar surface area (TPSA) is 62.0 Å². The molecule has 2 N–H and O–H groups in total. The van der Waals surface area contributed by atoms with Gasteiger partial charge in [0.05, 0.1) is 12.1 Å². The first-order valence-corrected chi connectivity index (χ1v) is 6.04. The summed E-state index contributed by atoms with van der Waals surface area (Å²) in [6, 6.07) is 4.87. The summed E-state index contributed by atoms with van der Waals surface area (Å²) in [4.78, 5) is 26.2. The Hall–Kier alpha value is -1.88. The number of pyridine rings is 1. The summed E-state index contributed by atoms with van der Waals surface area (Å²) >= 11 is 1.62. The van der Waals surface area contributed by atoms with Crippen LogP contribution in [0.25, 0.3) is 0 Å². The minimum atomic E-state index is -0.212. The normalized spacial score (nSPS) is 10.2. The van der Waals surface area contributed by atoms with Gasteiger partial charge in [-0.3, -0.25) is 9.59 Å². The van der Waals surface area contributed by atoms with Crippen molar-refractivity contribution in [2.24, 2.45) is 0 Å². The smallest absolute Gasteiger partial charge is 0.253 e. The number of hydrogen-bond donors (Lipinski definition) is 2. The highest BCUT2D eigenvalue weighted by atomic mass is 32.1. The van der Waals surface area contributed by atoms with Crippen LogP contribution in [0.4, 0.5) is 0 Å².